The largest absolute Gasteiger partial charge is 0.508 e. The maximum Gasteiger partial charge on any atom is 0.408 e. The van der Waals surface area contributed by atoms with Crippen molar-refractivity contribution in [2.24, 2.45) is 0 Å². The number of phenols is 1. The van der Waals surface area contributed by atoms with Crippen molar-refractivity contribution in [1.29, 1.82) is 0 Å². The number of hydrogen-bond acceptors (Lipinski definition) is 8. The zero-order chi connectivity index (χ0) is 35.3. The third kappa shape index (κ3) is 12.4. The topological polar surface area (TPSA) is 163 Å². The lowest BCUT2D eigenvalue weighted by atomic mass is 10.0. The summed E-state index contributed by atoms with van der Waals surface area (Å²) in [5.74, 6) is -2.42. The first-order chi connectivity index (χ1) is 22.7. The van der Waals surface area contributed by atoms with E-state index in [-0.39, 0.29) is 25.2 Å². The second-order valence-corrected chi connectivity index (χ2v) is 12.3. The van der Waals surface area contributed by atoms with E-state index in [4.69, 9.17) is 9.47 Å². The number of nitrogens with one attached hydrogen (secondary N) is 3. The maximum absolute atomic E-state index is 13.2. The number of alkyl carbamates (subject to hydrolysis) is 1. The van der Waals surface area contributed by atoms with E-state index in [9.17, 15) is 29.1 Å². The molecule has 0 unspecified atom stereocenters. The van der Waals surface area contributed by atoms with Gasteiger partial charge >= 0.3 is 12.1 Å². The first-order valence-corrected chi connectivity index (χ1v) is 15.6. The minimum Gasteiger partial charge on any atom is -0.508 e. The van der Waals surface area contributed by atoms with Gasteiger partial charge in [-0.25, -0.2) is 9.59 Å². The van der Waals surface area contributed by atoms with Crippen LogP contribution in [0.25, 0.3) is 0 Å². The first kappa shape index (κ1) is 37.1. The number of amides is 4. The molecule has 0 aliphatic heterocycles. The molecular formula is C36H44N4O8. The average molecular weight is 661 g/mol. The van der Waals surface area contributed by atoms with Crippen LogP contribution in [0, 0.1) is 0 Å². The van der Waals surface area contributed by atoms with Crippen molar-refractivity contribution >= 4 is 29.8 Å². The highest BCUT2D eigenvalue weighted by Gasteiger charge is 2.30. The van der Waals surface area contributed by atoms with Gasteiger partial charge in [0.1, 0.15) is 36.1 Å². The molecule has 0 aromatic heterocycles. The van der Waals surface area contributed by atoms with Crippen LogP contribution in [0.5, 0.6) is 5.75 Å². The Bertz CT molecular complexity index is 1530. The molecule has 0 aliphatic rings. The molecule has 0 heterocycles. The van der Waals surface area contributed by atoms with Gasteiger partial charge in [-0.1, -0.05) is 72.8 Å². The Morgan fingerprint density at radius 1 is 0.771 bits per heavy atom. The quantitative estimate of drug-likeness (QED) is 0.192. The third-order valence-electron chi connectivity index (χ3n) is 7.18. The predicted molar refractivity (Wildman–Crippen MR) is 179 cm³/mol. The number of likely N-dealkylation sites (N-methyl/N-ethyl adjacent to an activating group) is 1. The highest BCUT2D eigenvalue weighted by Crippen LogP contribution is 2.14. The number of benzene rings is 3. The molecule has 3 rings (SSSR count). The van der Waals surface area contributed by atoms with E-state index >= 15 is 0 Å². The van der Waals surface area contributed by atoms with Gasteiger partial charge in [0.25, 0.3) is 0 Å². The number of ether oxygens (including phenoxy) is 2. The average Bonchev–Trinajstić information content (AvgIpc) is 3.05. The van der Waals surface area contributed by atoms with Gasteiger partial charge in [-0.05, 0) is 56.5 Å². The van der Waals surface area contributed by atoms with Crippen molar-refractivity contribution in [1.82, 2.24) is 20.9 Å². The SMILES string of the molecule is C[C@@H](NC(=O)[C@H](Cc1ccc(O)cc1)NC(=O)OC(C)(C)C)C(=O)NCC(=O)N(C)[C@@H](Cc1ccccc1)C(=O)OCc1ccccc1. The number of phenolic OH excluding ortho intramolecular Hbond substituents is 1. The van der Waals surface area contributed by atoms with Crippen molar-refractivity contribution in [3.8, 4) is 5.75 Å². The summed E-state index contributed by atoms with van der Waals surface area (Å²) in [5.41, 5.74) is 1.45. The number of carbonyl (C=O) groups excluding carboxylic acids is 5. The first-order valence-electron chi connectivity index (χ1n) is 15.6. The summed E-state index contributed by atoms with van der Waals surface area (Å²) in [4.78, 5) is 66.3. The number of nitrogens with zero attached hydrogens (tertiary/aromatic N) is 1. The summed E-state index contributed by atoms with van der Waals surface area (Å²) in [7, 11) is 1.47. The number of hydrogen-bond donors (Lipinski definition) is 4. The Balaban J connectivity index is 1.62. The van der Waals surface area contributed by atoms with Crippen LogP contribution in [0.4, 0.5) is 4.79 Å². The van der Waals surface area contributed by atoms with E-state index in [2.05, 4.69) is 16.0 Å². The van der Waals surface area contributed by atoms with Crippen LogP contribution in [0.1, 0.15) is 44.4 Å². The summed E-state index contributed by atoms with van der Waals surface area (Å²) in [6, 6.07) is 21.3. The highest BCUT2D eigenvalue weighted by molar-refractivity contribution is 5.93. The molecule has 0 fully saturated rings. The van der Waals surface area contributed by atoms with E-state index < -0.39 is 60.1 Å². The van der Waals surface area contributed by atoms with Crippen LogP contribution in [0.3, 0.4) is 0 Å². The number of carbonyl (C=O) groups is 5. The fourth-order valence-electron chi connectivity index (χ4n) is 4.56. The van der Waals surface area contributed by atoms with Crippen molar-refractivity contribution in [3.05, 3.63) is 102 Å². The second-order valence-electron chi connectivity index (χ2n) is 12.3. The predicted octanol–water partition coefficient (Wildman–Crippen LogP) is 3.26. The van der Waals surface area contributed by atoms with Gasteiger partial charge in [0.05, 0.1) is 6.54 Å². The summed E-state index contributed by atoms with van der Waals surface area (Å²) >= 11 is 0. The molecule has 4 amide bonds. The van der Waals surface area contributed by atoms with Crippen LogP contribution in [-0.2, 0) is 48.1 Å². The van der Waals surface area contributed by atoms with Crippen molar-refractivity contribution in [2.45, 2.75) is 70.9 Å². The molecule has 3 aromatic carbocycles. The molecule has 0 aliphatic carbocycles. The summed E-state index contributed by atoms with van der Waals surface area (Å²) < 4.78 is 10.8. The van der Waals surface area contributed by atoms with E-state index in [0.29, 0.717) is 5.56 Å². The third-order valence-corrected chi connectivity index (χ3v) is 7.18. The fraction of sp³-hybridized carbons (Fsp3) is 0.361. The molecular weight excluding hydrogens is 616 g/mol. The van der Waals surface area contributed by atoms with Crippen LogP contribution in [0.2, 0.25) is 0 Å². The lowest BCUT2D eigenvalue weighted by molar-refractivity contribution is -0.155. The Hall–Kier alpha value is -5.39. The minimum absolute atomic E-state index is 0.0392. The van der Waals surface area contributed by atoms with Crippen molar-refractivity contribution in [2.75, 3.05) is 13.6 Å². The van der Waals surface area contributed by atoms with Gasteiger partial charge in [0, 0.05) is 19.9 Å². The van der Waals surface area contributed by atoms with E-state index in [1.807, 2.05) is 60.7 Å². The van der Waals surface area contributed by atoms with Gasteiger partial charge in [-0.2, -0.15) is 0 Å². The van der Waals surface area contributed by atoms with Gasteiger partial charge in [0.15, 0.2) is 0 Å². The van der Waals surface area contributed by atoms with E-state index in [1.54, 1.807) is 32.9 Å². The molecule has 0 bridgehead atoms. The summed E-state index contributed by atoms with van der Waals surface area (Å²) in [5, 5.41) is 17.2. The lowest BCUT2D eigenvalue weighted by Gasteiger charge is -2.27. The maximum atomic E-state index is 13.2. The summed E-state index contributed by atoms with van der Waals surface area (Å²) in [6.45, 7) is 6.09. The molecule has 48 heavy (non-hydrogen) atoms. The molecule has 12 heteroatoms. The second kappa shape index (κ2) is 17.5. The molecule has 3 atom stereocenters. The van der Waals surface area contributed by atoms with Crippen LogP contribution < -0.4 is 16.0 Å². The van der Waals surface area contributed by atoms with Gasteiger partial charge in [0.2, 0.25) is 17.7 Å². The molecule has 12 nitrogen and oxygen atoms in total. The van der Waals surface area contributed by atoms with Crippen molar-refractivity contribution in [3.63, 3.8) is 0 Å². The Kier molecular flexibility index (Phi) is 13.5. The van der Waals surface area contributed by atoms with Gasteiger partial charge < -0.3 is 35.4 Å². The monoisotopic (exact) mass is 660 g/mol. The smallest absolute Gasteiger partial charge is 0.408 e. The molecule has 256 valence electrons. The lowest BCUT2D eigenvalue weighted by Crippen LogP contribution is -2.55. The zero-order valence-electron chi connectivity index (χ0n) is 27.9. The minimum atomic E-state index is -1.12. The van der Waals surface area contributed by atoms with Gasteiger partial charge in [-0.15, -0.1) is 0 Å². The van der Waals surface area contributed by atoms with Crippen LogP contribution in [0.15, 0.2) is 84.9 Å². The molecule has 3 aromatic rings. The van der Waals surface area contributed by atoms with Gasteiger partial charge in [-0.3, -0.25) is 14.4 Å². The Labute approximate surface area is 280 Å². The standard InChI is InChI=1S/C36H44N4O8/c1-24(38-33(44)29(39-35(46)48-36(2,3)4)20-26-16-18-28(41)19-17-26)32(43)37-22-31(42)40(5)30(21-25-12-8-6-9-13-25)34(45)47-23-27-14-10-7-11-15-27/h6-19,24,29-30,41H,20-23H2,1-5H3,(H,37,43)(H,38,44)(H,39,46)/t24-,29+,30+/m1/s1. The molecule has 0 saturated heterocycles. The van der Waals surface area contributed by atoms with E-state index in [1.165, 1.54) is 31.0 Å². The van der Waals surface area contributed by atoms with Crippen molar-refractivity contribution < 1.29 is 38.6 Å². The number of esters is 1. The molecule has 0 saturated carbocycles. The Morgan fingerprint density at radius 3 is 1.92 bits per heavy atom. The number of rotatable bonds is 14. The molecule has 0 radical (unpaired) electrons. The fourth-order valence-corrected chi connectivity index (χ4v) is 4.56. The van der Waals surface area contributed by atoms with E-state index in [0.717, 1.165) is 11.1 Å². The van der Waals surface area contributed by atoms with Crippen LogP contribution >= 0.6 is 0 Å². The zero-order valence-corrected chi connectivity index (χ0v) is 27.9. The molecule has 4 N–H and O–H groups in total. The number of aromatic hydroxyl groups is 1. The molecule has 0 spiro atoms. The van der Waals surface area contributed by atoms with Crippen LogP contribution in [-0.4, -0.2) is 77.1 Å². The summed E-state index contributed by atoms with van der Waals surface area (Å²) in [6.07, 6.45) is -0.574. The Morgan fingerprint density at radius 2 is 1.33 bits per heavy atom. The normalized spacial score (nSPS) is 12.9. The highest BCUT2D eigenvalue weighted by atomic mass is 16.6.